The Bertz CT molecular complexity index is 388. The van der Waals surface area contributed by atoms with Crippen LogP contribution in [0.3, 0.4) is 0 Å². The van der Waals surface area contributed by atoms with Gasteiger partial charge in [-0.2, -0.15) is 0 Å². The fraction of sp³-hybridized carbons (Fsp3) is 0.250. The minimum atomic E-state index is 0.357. The van der Waals surface area contributed by atoms with E-state index in [2.05, 4.69) is 9.59 Å². The minimum absolute atomic E-state index is 0.357. The first kappa shape index (κ1) is 9.64. The van der Waals surface area contributed by atoms with Gasteiger partial charge in [0.1, 0.15) is 22.4 Å². The molecule has 2 aromatic heterocycles. The van der Waals surface area contributed by atoms with Crippen LogP contribution < -0.4 is 0 Å². The standard InChI is InChI=1S/C8H7ClN2O2S/c9-8-7(10-11-14-8)5-12-4-6-2-1-3-13-6/h1-3H,4-5H2. The Balaban J connectivity index is 1.81. The van der Waals surface area contributed by atoms with Crippen LogP contribution in [0, 0.1) is 0 Å². The Morgan fingerprint density at radius 2 is 2.43 bits per heavy atom. The Labute approximate surface area is 89.6 Å². The van der Waals surface area contributed by atoms with Crippen molar-refractivity contribution >= 4 is 23.1 Å². The normalized spacial score (nSPS) is 10.6. The van der Waals surface area contributed by atoms with E-state index in [1.165, 1.54) is 0 Å². The Morgan fingerprint density at radius 3 is 3.07 bits per heavy atom. The van der Waals surface area contributed by atoms with Crippen molar-refractivity contribution in [3.63, 3.8) is 0 Å². The second kappa shape index (κ2) is 4.54. The number of nitrogens with zero attached hydrogens (tertiary/aromatic N) is 2. The van der Waals surface area contributed by atoms with Gasteiger partial charge in [-0.15, -0.1) is 5.10 Å². The van der Waals surface area contributed by atoms with Crippen LogP contribution >= 0.6 is 23.1 Å². The lowest BCUT2D eigenvalue weighted by Gasteiger charge is -1.98. The molecule has 0 fully saturated rings. The van der Waals surface area contributed by atoms with E-state index in [9.17, 15) is 0 Å². The zero-order valence-electron chi connectivity index (χ0n) is 7.14. The number of hydrogen-bond donors (Lipinski definition) is 0. The van der Waals surface area contributed by atoms with Crippen molar-refractivity contribution in [2.24, 2.45) is 0 Å². The van der Waals surface area contributed by atoms with E-state index in [1.807, 2.05) is 12.1 Å². The zero-order valence-corrected chi connectivity index (χ0v) is 8.72. The van der Waals surface area contributed by atoms with Crippen LogP contribution in [0.5, 0.6) is 0 Å². The summed E-state index contributed by atoms with van der Waals surface area (Å²) in [4.78, 5) is 0. The van der Waals surface area contributed by atoms with Gasteiger partial charge in [-0.25, -0.2) is 0 Å². The second-order valence-electron chi connectivity index (χ2n) is 2.57. The summed E-state index contributed by atoms with van der Waals surface area (Å²) in [5.41, 5.74) is 0.670. The number of hydrogen-bond acceptors (Lipinski definition) is 5. The fourth-order valence-corrected chi connectivity index (χ4v) is 1.53. The van der Waals surface area contributed by atoms with Gasteiger partial charge >= 0.3 is 0 Å². The molecule has 4 nitrogen and oxygen atoms in total. The third-order valence-electron chi connectivity index (χ3n) is 1.57. The van der Waals surface area contributed by atoms with Crippen molar-refractivity contribution in [1.82, 2.24) is 9.59 Å². The van der Waals surface area contributed by atoms with E-state index in [-0.39, 0.29) is 0 Å². The molecule has 2 rings (SSSR count). The Morgan fingerprint density at radius 1 is 1.50 bits per heavy atom. The van der Waals surface area contributed by atoms with E-state index in [4.69, 9.17) is 20.8 Å². The van der Waals surface area contributed by atoms with Crippen LogP contribution in [0.25, 0.3) is 0 Å². The molecule has 0 saturated carbocycles. The van der Waals surface area contributed by atoms with Crippen molar-refractivity contribution in [3.8, 4) is 0 Å². The van der Waals surface area contributed by atoms with Gasteiger partial charge in [-0.1, -0.05) is 16.1 Å². The summed E-state index contributed by atoms with van der Waals surface area (Å²) < 4.78 is 14.7. The molecular formula is C8H7ClN2O2S. The van der Waals surface area contributed by atoms with Gasteiger partial charge in [0, 0.05) is 11.5 Å². The third kappa shape index (κ3) is 2.31. The van der Waals surface area contributed by atoms with Crippen LogP contribution in [0.2, 0.25) is 4.34 Å². The van der Waals surface area contributed by atoms with Crippen LogP contribution in [-0.4, -0.2) is 9.59 Å². The molecular weight excluding hydrogens is 224 g/mol. The third-order valence-corrected chi connectivity index (χ3v) is 2.56. The second-order valence-corrected chi connectivity index (χ2v) is 3.92. The minimum Gasteiger partial charge on any atom is -0.467 e. The molecule has 0 aliphatic heterocycles. The summed E-state index contributed by atoms with van der Waals surface area (Å²) in [6.45, 7) is 0.775. The highest BCUT2D eigenvalue weighted by Crippen LogP contribution is 2.18. The SMILES string of the molecule is Clc1snnc1COCc1ccco1. The van der Waals surface area contributed by atoms with Crippen LogP contribution in [-0.2, 0) is 18.0 Å². The van der Waals surface area contributed by atoms with Gasteiger partial charge in [0.05, 0.1) is 12.9 Å². The van der Waals surface area contributed by atoms with Crippen LogP contribution in [0.15, 0.2) is 22.8 Å². The summed E-state index contributed by atoms with van der Waals surface area (Å²) >= 11 is 6.94. The van der Waals surface area contributed by atoms with Crippen LogP contribution in [0.1, 0.15) is 11.5 Å². The summed E-state index contributed by atoms with van der Waals surface area (Å²) in [5, 5.41) is 3.82. The highest BCUT2D eigenvalue weighted by Gasteiger charge is 2.05. The number of furan rings is 1. The molecule has 0 bridgehead atoms. The van der Waals surface area contributed by atoms with Crippen molar-refractivity contribution in [3.05, 3.63) is 34.2 Å². The highest BCUT2D eigenvalue weighted by molar-refractivity contribution is 7.10. The van der Waals surface area contributed by atoms with Crippen molar-refractivity contribution < 1.29 is 9.15 Å². The first-order valence-corrected chi connectivity index (χ1v) is 5.08. The molecule has 0 aromatic carbocycles. The van der Waals surface area contributed by atoms with Crippen LogP contribution in [0.4, 0.5) is 0 Å². The van der Waals surface area contributed by atoms with Gasteiger partial charge in [0.25, 0.3) is 0 Å². The molecule has 0 unspecified atom stereocenters. The smallest absolute Gasteiger partial charge is 0.139 e. The molecule has 14 heavy (non-hydrogen) atoms. The highest BCUT2D eigenvalue weighted by atomic mass is 35.5. The van der Waals surface area contributed by atoms with Crippen molar-refractivity contribution in [1.29, 1.82) is 0 Å². The zero-order chi connectivity index (χ0) is 9.80. The van der Waals surface area contributed by atoms with Gasteiger partial charge in [0.2, 0.25) is 0 Å². The number of rotatable bonds is 4. The molecule has 0 amide bonds. The van der Waals surface area contributed by atoms with Gasteiger partial charge in [0.15, 0.2) is 0 Å². The summed E-state index contributed by atoms with van der Waals surface area (Å²) in [6.07, 6.45) is 1.61. The summed E-state index contributed by atoms with van der Waals surface area (Å²) in [5.74, 6) is 0.782. The van der Waals surface area contributed by atoms with Gasteiger partial charge in [-0.05, 0) is 12.1 Å². The lowest BCUT2D eigenvalue weighted by molar-refractivity contribution is 0.0906. The van der Waals surface area contributed by atoms with E-state index >= 15 is 0 Å². The van der Waals surface area contributed by atoms with Crippen molar-refractivity contribution in [2.75, 3.05) is 0 Å². The molecule has 2 heterocycles. The molecule has 0 aliphatic carbocycles. The summed E-state index contributed by atoms with van der Waals surface area (Å²) in [7, 11) is 0. The quantitative estimate of drug-likeness (QED) is 0.810. The van der Waals surface area contributed by atoms with E-state index in [1.54, 1.807) is 6.26 Å². The maximum Gasteiger partial charge on any atom is 0.139 e. The Kier molecular flexibility index (Phi) is 3.13. The number of halogens is 1. The lowest BCUT2D eigenvalue weighted by Crippen LogP contribution is -1.93. The average Bonchev–Trinajstić information content (AvgIpc) is 2.78. The maximum atomic E-state index is 5.79. The molecule has 2 aromatic rings. The Hall–Kier alpha value is -0.910. The lowest BCUT2D eigenvalue weighted by atomic mass is 10.5. The fourth-order valence-electron chi connectivity index (χ4n) is 0.926. The molecule has 0 saturated heterocycles. The first-order valence-electron chi connectivity index (χ1n) is 3.93. The molecule has 0 atom stereocenters. The molecule has 0 aliphatic rings. The molecule has 0 N–H and O–H groups in total. The van der Waals surface area contributed by atoms with E-state index in [0.29, 0.717) is 23.2 Å². The number of aromatic nitrogens is 2. The molecule has 0 radical (unpaired) electrons. The monoisotopic (exact) mass is 230 g/mol. The maximum absolute atomic E-state index is 5.79. The summed E-state index contributed by atoms with van der Waals surface area (Å²) in [6, 6.07) is 3.66. The molecule has 74 valence electrons. The van der Waals surface area contributed by atoms with Gasteiger partial charge < -0.3 is 9.15 Å². The molecule has 0 spiro atoms. The first-order chi connectivity index (χ1) is 6.86. The van der Waals surface area contributed by atoms with E-state index in [0.717, 1.165) is 17.3 Å². The number of ether oxygens (including phenoxy) is 1. The predicted molar refractivity (Wildman–Crippen MR) is 52.1 cm³/mol. The molecule has 6 heteroatoms. The van der Waals surface area contributed by atoms with Crippen molar-refractivity contribution in [2.45, 2.75) is 13.2 Å². The topological polar surface area (TPSA) is 48.2 Å². The van der Waals surface area contributed by atoms with Gasteiger partial charge in [-0.3, -0.25) is 0 Å². The van der Waals surface area contributed by atoms with E-state index < -0.39 is 0 Å². The largest absolute Gasteiger partial charge is 0.467 e. The predicted octanol–water partition coefficient (Wildman–Crippen LogP) is 2.50. The average molecular weight is 231 g/mol.